The van der Waals surface area contributed by atoms with E-state index in [0.717, 1.165) is 43.4 Å². The van der Waals surface area contributed by atoms with Crippen LogP contribution in [0.15, 0.2) is 11.3 Å². The van der Waals surface area contributed by atoms with E-state index in [-0.39, 0.29) is 0 Å². The monoisotopic (exact) mass is 222 g/mol. The molecule has 0 aromatic rings. The zero-order valence-electron chi connectivity index (χ0n) is 10.6. The van der Waals surface area contributed by atoms with Gasteiger partial charge in [-0.25, -0.2) is 0 Å². The molecule has 90 valence electrons. The molecule has 2 heteroatoms. The largest absolute Gasteiger partial charge is 0.494 e. The second kappa shape index (κ2) is 4.60. The maximum Gasteiger partial charge on any atom is 0.162 e. The molecule has 0 aromatic heterocycles. The van der Waals surface area contributed by atoms with Crippen LogP contribution < -0.4 is 0 Å². The summed E-state index contributed by atoms with van der Waals surface area (Å²) in [5.41, 5.74) is 1.01. The van der Waals surface area contributed by atoms with Crippen LogP contribution in [0.1, 0.15) is 52.9 Å². The molecule has 1 aliphatic heterocycles. The van der Waals surface area contributed by atoms with Crippen LogP contribution in [0.4, 0.5) is 0 Å². The Balaban J connectivity index is 2.20. The summed E-state index contributed by atoms with van der Waals surface area (Å²) < 4.78 is 6.04. The molecule has 2 unspecified atom stereocenters. The van der Waals surface area contributed by atoms with E-state index < -0.39 is 0 Å². The van der Waals surface area contributed by atoms with E-state index in [0.29, 0.717) is 23.7 Å². The van der Waals surface area contributed by atoms with Crippen molar-refractivity contribution in [3.8, 4) is 0 Å². The van der Waals surface area contributed by atoms with Crippen LogP contribution in [-0.2, 0) is 9.53 Å². The van der Waals surface area contributed by atoms with Gasteiger partial charge in [-0.05, 0) is 24.7 Å². The molecule has 2 nitrogen and oxygen atoms in total. The van der Waals surface area contributed by atoms with Gasteiger partial charge in [-0.3, -0.25) is 4.79 Å². The molecule has 1 aliphatic carbocycles. The van der Waals surface area contributed by atoms with Gasteiger partial charge >= 0.3 is 0 Å². The fraction of sp³-hybridized carbons (Fsp3) is 0.786. The van der Waals surface area contributed by atoms with Gasteiger partial charge < -0.3 is 4.74 Å². The summed E-state index contributed by atoms with van der Waals surface area (Å²) in [5, 5.41) is 0. The van der Waals surface area contributed by atoms with Gasteiger partial charge in [0.2, 0.25) is 0 Å². The van der Waals surface area contributed by atoms with Gasteiger partial charge in [0.25, 0.3) is 0 Å². The Hall–Kier alpha value is -0.790. The first kappa shape index (κ1) is 11.7. The Labute approximate surface area is 98.1 Å². The fourth-order valence-corrected chi connectivity index (χ4v) is 2.81. The molecule has 0 N–H and O–H groups in total. The molecule has 0 fully saturated rings. The van der Waals surface area contributed by atoms with Crippen LogP contribution in [0.3, 0.4) is 0 Å². The summed E-state index contributed by atoms with van der Waals surface area (Å²) >= 11 is 0. The molecule has 0 bridgehead atoms. The van der Waals surface area contributed by atoms with E-state index in [4.69, 9.17) is 4.74 Å². The van der Waals surface area contributed by atoms with Gasteiger partial charge in [0, 0.05) is 18.4 Å². The minimum absolute atomic E-state index is 0.324. The number of carbonyl (C=O) groups is 1. The predicted octanol–water partition coefficient (Wildman–Crippen LogP) is 3.46. The van der Waals surface area contributed by atoms with Crippen molar-refractivity contribution in [3.05, 3.63) is 11.3 Å². The van der Waals surface area contributed by atoms with E-state index in [2.05, 4.69) is 20.8 Å². The van der Waals surface area contributed by atoms with Crippen LogP contribution >= 0.6 is 0 Å². The average molecular weight is 222 g/mol. The maximum atomic E-state index is 11.8. The Morgan fingerprint density at radius 1 is 1.44 bits per heavy atom. The highest BCUT2D eigenvalue weighted by atomic mass is 16.5. The quantitative estimate of drug-likeness (QED) is 0.715. The van der Waals surface area contributed by atoms with Crippen LogP contribution in [0.25, 0.3) is 0 Å². The van der Waals surface area contributed by atoms with Crippen LogP contribution in [0, 0.1) is 11.8 Å². The SMILES string of the molecule is CCC(C)C1C[C@@H](C)C2=C(CCCC2=O)O1. The smallest absolute Gasteiger partial charge is 0.162 e. The Morgan fingerprint density at radius 3 is 2.88 bits per heavy atom. The zero-order valence-corrected chi connectivity index (χ0v) is 10.6. The third-order valence-electron chi connectivity index (χ3n) is 4.06. The van der Waals surface area contributed by atoms with Crippen molar-refractivity contribution >= 4 is 5.78 Å². The molecule has 0 saturated heterocycles. The first-order valence-electron chi connectivity index (χ1n) is 6.56. The summed E-state index contributed by atoms with van der Waals surface area (Å²) in [7, 11) is 0. The molecule has 16 heavy (non-hydrogen) atoms. The third-order valence-corrected chi connectivity index (χ3v) is 4.06. The second-order valence-corrected chi connectivity index (χ2v) is 5.29. The highest BCUT2D eigenvalue weighted by Crippen LogP contribution is 2.38. The van der Waals surface area contributed by atoms with Gasteiger partial charge in [-0.2, -0.15) is 0 Å². The molecule has 2 aliphatic rings. The first-order chi connectivity index (χ1) is 7.63. The molecule has 1 heterocycles. The number of rotatable bonds is 2. The Morgan fingerprint density at radius 2 is 2.19 bits per heavy atom. The molecule has 0 amide bonds. The maximum absolute atomic E-state index is 11.8. The summed E-state index contributed by atoms with van der Waals surface area (Å²) in [6.45, 7) is 6.62. The van der Waals surface area contributed by atoms with Crippen molar-refractivity contribution in [1.82, 2.24) is 0 Å². The van der Waals surface area contributed by atoms with Gasteiger partial charge in [0.05, 0.1) is 0 Å². The predicted molar refractivity (Wildman–Crippen MR) is 64.0 cm³/mol. The molecule has 2 rings (SSSR count). The molecule has 0 saturated carbocycles. The standard InChI is InChI=1S/C14H22O2/c1-4-9(2)13-8-10(3)14-11(15)6-5-7-12(14)16-13/h9-10,13H,4-8H2,1-3H3/t9?,10-,13?/m1/s1. The average Bonchev–Trinajstić information content (AvgIpc) is 2.27. The number of ether oxygens (including phenoxy) is 1. The van der Waals surface area contributed by atoms with E-state index in [1.807, 2.05) is 0 Å². The second-order valence-electron chi connectivity index (χ2n) is 5.29. The van der Waals surface area contributed by atoms with Gasteiger partial charge in [-0.15, -0.1) is 0 Å². The normalized spacial score (nSPS) is 32.1. The minimum Gasteiger partial charge on any atom is -0.494 e. The molecule has 0 aromatic carbocycles. The van der Waals surface area contributed by atoms with Crippen LogP contribution in [-0.4, -0.2) is 11.9 Å². The highest BCUT2D eigenvalue weighted by Gasteiger charge is 2.35. The number of hydrogen-bond acceptors (Lipinski definition) is 2. The fourth-order valence-electron chi connectivity index (χ4n) is 2.81. The summed E-state index contributed by atoms with van der Waals surface area (Å²) in [6, 6.07) is 0. The Bertz CT molecular complexity index is 317. The number of ketones is 1. The number of carbonyl (C=O) groups excluding carboxylic acids is 1. The van der Waals surface area contributed by atoms with Crippen molar-refractivity contribution < 1.29 is 9.53 Å². The van der Waals surface area contributed by atoms with Crippen molar-refractivity contribution in [3.63, 3.8) is 0 Å². The van der Waals surface area contributed by atoms with Crippen LogP contribution in [0.5, 0.6) is 0 Å². The van der Waals surface area contributed by atoms with Gasteiger partial charge in [-0.1, -0.05) is 27.2 Å². The molecular weight excluding hydrogens is 200 g/mol. The molecular formula is C14H22O2. The van der Waals surface area contributed by atoms with E-state index in [1.54, 1.807) is 0 Å². The Kier molecular flexibility index (Phi) is 3.36. The van der Waals surface area contributed by atoms with E-state index in [1.165, 1.54) is 0 Å². The summed E-state index contributed by atoms with van der Waals surface area (Å²) in [4.78, 5) is 11.8. The van der Waals surface area contributed by atoms with Crippen molar-refractivity contribution in [2.24, 2.45) is 11.8 Å². The highest BCUT2D eigenvalue weighted by molar-refractivity contribution is 5.97. The van der Waals surface area contributed by atoms with E-state index >= 15 is 0 Å². The summed E-state index contributed by atoms with van der Waals surface area (Å²) in [5.74, 6) is 2.33. The molecule has 0 spiro atoms. The lowest BCUT2D eigenvalue weighted by atomic mass is 9.80. The number of Topliss-reactive ketones (excluding diaryl/α,β-unsaturated/α-hetero) is 1. The van der Waals surface area contributed by atoms with Crippen molar-refractivity contribution in [2.45, 2.75) is 59.0 Å². The first-order valence-corrected chi connectivity index (χ1v) is 6.56. The van der Waals surface area contributed by atoms with Gasteiger partial charge in [0.1, 0.15) is 11.9 Å². The lowest BCUT2D eigenvalue weighted by Crippen LogP contribution is -2.33. The number of hydrogen-bond donors (Lipinski definition) is 0. The van der Waals surface area contributed by atoms with E-state index in [9.17, 15) is 4.79 Å². The lowest BCUT2D eigenvalue weighted by molar-refractivity contribution is -0.118. The molecule has 0 radical (unpaired) electrons. The zero-order chi connectivity index (χ0) is 11.7. The topological polar surface area (TPSA) is 26.3 Å². The minimum atomic E-state index is 0.324. The number of allylic oxidation sites excluding steroid dienone is 2. The third kappa shape index (κ3) is 2.02. The van der Waals surface area contributed by atoms with Gasteiger partial charge in [0.15, 0.2) is 5.78 Å². The van der Waals surface area contributed by atoms with Crippen LogP contribution in [0.2, 0.25) is 0 Å². The van der Waals surface area contributed by atoms with Crippen molar-refractivity contribution in [1.29, 1.82) is 0 Å². The van der Waals surface area contributed by atoms with Crippen molar-refractivity contribution in [2.75, 3.05) is 0 Å². The lowest BCUT2D eigenvalue weighted by Gasteiger charge is -2.36. The molecule has 3 atom stereocenters. The summed E-state index contributed by atoms with van der Waals surface area (Å²) in [6.07, 6.45) is 5.15.